The largest absolute Gasteiger partial charge is 0.491 e. The quantitative estimate of drug-likeness (QED) is 0.742. The van der Waals surface area contributed by atoms with Gasteiger partial charge in [-0.15, -0.1) is 11.6 Å². The second-order valence-electron chi connectivity index (χ2n) is 4.61. The van der Waals surface area contributed by atoms with Crippen LogP contribution in [-0.4, -0.2) is 36.1 Å². The van der Waals surface area contributed by atoms with Gasteiger partial charge in [0.2, 0.25) is 0 Å². The first-order chi connectivity index (χ1) is 7.47. The van der Waals surface area contributed by atoms with Crippen molar-refractivity contribution in [1.29, 1.82) is 0 Å². The Labute approximate surface area is 102 Å². The van der Waals surface area contributed by atoms with Gasteiger partial charge >= 0.3 is 0 Å². The summed E-state index contributed by atoms with van der Waals surface area (Å²) in [6, 6.07) is 1.85. The predicted molar refractivity (Wildman–Crippen MR) is 67.1 cm³/mol. The molecule has 0 radical (unpaired) electrons. The number of likely N-dealkylation sites (N-methyl/N-ethyl adjacent to an activating group) is 1. The lowest BCUT2D eigenvalue weighted by Crippen LogP contribution is -2.43. The molecule has 0 saturated carbocycles. The van der Waals surface area contributed by atoms with Crippen LogP contribution in [0.25, 0.3) is 0 Å². The van der Waals surface area contributed by atoms with Gasteiger partial charge < -0.3 is 9.64 Å². The fraction of sp³-hybridized carbons (Fsp3) is 0.583. The van der Waals surface area contributed by atoms with E-state index in [1.54, 1.807) is 12.4 Å². The number of hydrogen-bond acceptors (Lipinski definition) is 3. The number of rotatable bonds is 5. The van der Waals surface area contributed by atoms with E-state index in [-0.39, 0.29) is 5.54 Å². The van der Waals surface area contributed by atoms with Crippen LogP contribution in [0.15, 0.2) is 18.5 Å². The molecule has 0 unspecified atom stereocenters. The maximum Gasteiger partial charge on any atom is 0.126 e. The van der Waals surface area contributed by atoms with Crippen molar-refractivity contribution in [3.63, 3.8) is 0 Å². The highest BCUT2D eigenvalue weighted by atomic mass is 35.5. The van der Waals surface area contributed by atoms with Crippen molar-refractivity contribution in [2.24, 2.45) is 0 Å². The van der Waals surface area contributed by atoms with Gasteiger partial charge in [0, 0.05) is 23.5 Å². The SMILES string of the molecule is CN(C)C(C)(C)COc1ccncc1CCl. The summed E-state index contributed by atoms with van der Waals surface area (Å²) in [5.41, 5.74) is 0.922. The Balaban J connectivity index is 2.67. The van der Waals surface area contributed by atoms with Crippen molar-refractivity contribution in [3.05, 3.63) is 24.0 Å². The normalized spacial score (nSPS) is 11.9. The molecule has 1 rings (SSSR count). The molecule has 1 aromatic heterocycles. The number of aromatic nitrogens is 1. The molecule has 3 nitrogen and oxygen atoms in total. The monoisotopic (exact) mass is 242 g/mol. The van der Waals surface area contributed by atoms with E-state index in [9.17, 15) is 0 Å². The smallest absolute Gasteiger partial charge is 0.126 e. The molecular weight excluding hydrogens is 224 g/mol. The molecule has 90 valence electrons. The lowest BCUT2D eigenvalue weighted by Gasteiger charge is -2.32. The fourth-order valence-corrected chi connectivity index (χ4v) is 1.24. The summed E-state index contributed by atoms with van der Waals surface area (Å²) in [5.74, 6) is 1.24. The zero-order valence-electron chi connectivity index (χ0n) is 10.3. The van der Waals surface area contributed by atoms with Crippen molar-refractivity contribution in [2.45, 2.75) is 25.3 Å². The minimum absolute atomic E-state index is 0.00709. The summed E-state index contributed by atoms with van der Waals surface area (Å²) in [6.45, 7) is 4.89. The van der Waals surface area contributed by atoms with Crippen LogP contribution in [0.4, 0.5) is 0 Å². The van der Waals surface area contributed by atoms with Gasteiger partial charge in [0.05, 0.1) is 5.88 Å². The summed E-state index contributed by atoms with van der Waals surface area (Å²) in [5, 5.41) is 0. The van der Waals surface area contributed by atoms with E-state index in [2.05, 4.69) is 23.7 Å². The van der Waals surface area contributed by atoms with Crippen LogP contribution in [0.2, 0.25) is 0 Å². The molecule has 0 bridgehead atoms. The van der Waals surface area contributed by atoms with E-state index in [1.165, 1.54) is 0 Å². The number of ether oxygens (including phenoxy) is 1. The molecule has 0 aliphatic carbocycles. The maximum absolute atomic E-state index is 5.81. The summed E-state index contributed by atoms with van der Waals surface area (Å²) >= 11 is 5.81. The van der Waals surface area contributed by atoms with E-state index < -0.39 is 0 Å². The topological polar surface area (TPSA) is 25.4 Å². The lowest BCUT2D eigenvalue weighted by molar-refractivity contribution is 0.113. The van der Waals surface area contributed by atoms with Crippen molar-refractivity contribution >= 4 is 11.6 Å². The Kier molecular flexibility index (Phi) is 4.56. The van der Waals surface area contributed by atoms with Gasteiger partial charge in [-0.2, -0.15) is 0 Å². The maximum atomic E-state index is 5.81. The van der Waals surface area contributed by atoms with Gasteiger partial charge in [-0.25, -0.2) is 0 Å². The average molecular weight is 243 g/mol. The highest BCUT2D eigenvalue weighted by Crippen LogP contribution is 2.20. The van der Waals surface area contributed by atoms with Crippen LogP contribution >= 0.6 is 11.6 Å². The summed E-state index contributed by atoms with van der Waals surface area (Å²) in [7, 11) is 4.08. The molecule has 0 saturated heterocycles. The Morgan fingerprint density at radius 3 is 2.69 bits per heavy atom. The number of alkyl halides is 1. The third-order valence-electron chi connectivity index (χ3n) is 2.79. The molecule has 0 atom stereocenters. The molecule has 0 aliphatic heterocycles. The Bertz CT molecular complexity index is 340. The van der Waals surface area contributed by atoms with E-state index in [1.807, 2.05) is 20.2 Å². The minimum atomic E-state index is -0.00709. The van der Waals surface area contributed by atoms with Gasteiger partial charge in [0.25, 0.3) is 0 Å². The third-order valence-corrected chi connectivity index (χ3v) is 3.08. The lowest BCUT2D eigenvalue weighted by atomic mass is 10.1. The molecule has 0 spiro atoms. The van der Waals surface area contributed by atoms with Gasteiger partial charge in [-0.05, 0) is 34.0 Å². The molecule has 1 heterocycles. The zero-order chi connectivity index (χ0) is 12.2. The number of hydrogen-bond donors (Lipinski definition) is 0. The first-order valence-corrected chi connectivity index (χ1v) is 5.80. The van der Waals surface area contributed by atoms with E-state index >= 15 is 0 Å². The molecular formula is C12H19ClN2O. The van der Waals surface area contributed by atoms with Crippen molar-refractivity contribution in [1.82, 2.24) is 9.88 Å². The van der Waals surface area contributed by atoms with Crippen molar-refractivity contribution in [2.75, 3.05) is 20.7 Å². The summed E-state index contributed by atoms with van der Waals surface area (Å²) < 4.78 is 5.79. The van der Waals surface area contributed by atoms with Gasteiger partial charge in [-0.3, -0.25) is 4.98 Å². The second-order valence-corrected chi connectivity index (χ2v) is 4.88. The Morgan fingerprint density at radius 1 is 1.44 bits per heavy atom. The summed E-state index contributed by atoms with van der Waals surface area (Å²) in [6.07, 6.45) is 3.46. The second kappa shape index (κ2) is 5.51. The molecule has 0 aliphatic rings. The number of nitrogens with zero attached hydrogens (tertiary/aromatic N) is 2. The first-order valence-electron chi connectivity index (χ1n) is 5.26. The zero-order valence-corrected chi connectivity index (χ0v) is 11.1. The van der Waals surface area contributed by atoms with Crippen LogP contribution in [0.3, 0.4) is 0 Å². The number of halogens is 1. The third kappa shape index (κ3) is 3.35. The van der Waals surface area contributed by atoms with Crippen LogP contribution in [0.5, 0.6) is 5.75 Å². The highest BCUT2D eigenvalue weighted by Gasteiger charge is 2.21. The van der Waals surface area contributed by atoms with Crippen LogP contribution in [0, 0.1) is 0 Å². The van der Waals surface area contributed by atoms with Crippen molar-refractivity contribution < 1.29 is 4.74 Å². The average Bonchev–Trinajstić information content (AvgIpc) is 2.26. The molecule has 0 N–H and O–H groups in total. The molecule has 0 amide bonds. The van der Waals surface area contributed by atoms with E-state index in [0.29, 0.717) is 12.5 Å². The van der Waals surface area contributed by atoms with E-state index in [0.717, 1.165) is 11.3 Å². The van der Waals surface area contributed by atoms with Crippen LogP contribution in [0.1, 0.15) is 19.4 Å². The molecule has 4 heteroatoms. The Hall–Kier alpha value is -0.800. The minimum Gasteiger partial charge on any atom is -0.491 e. The molecule has 16 heavy (non-hydrogen) atoms. The standard InChI is InChI=1S/C12H19ClN2O/c1-12(2,15(3)4)9-16-11-5-6-14-8-10(11)7-13/h5-6,8H,7,9H2,1-4H3. The van der Waals surface area contributed by atoms with Crippen LogP contribution < -0.4 is 4.74 Å². The van der Waals surface area contributed by atoms with Gasteiger partial charge in [0.15, 0.2) is 0 Å². The molecule has 1 aromatic rings. The van der Waals surface area contributed by atoms with Crippen molar-refractivity contribution in [3.8, 4) is 5.75 Å². The van der Waals surface area contributed by atoms with Gasteiger partial charge in [-0.1, -0.05) is 0 Å². The van der Waals surface area contributed by atoms with Crippen LogP contribution in [-0.2, 0) is 5.88 Å². The highest BCUT2D eigenvalue weighted by molar-refractivity contribution is 6.17. The van der Waals surface area contributed by atoms with Gasteiger partial charge in [0.1, 0.15) is 12.4 Å². The number of pyridine rings is 1. The first kappa shape index (κ1) is 13.3. The summed E-state index contributed by atoms with van der Waals surface area (Å²) in [4.78, 5) is 6.15. The molecule has 0 fully saturated rings. The Morgan fingerprint density at radius 2 is 2.12 bits per heavy atom. The molecule has 0 aromatic carbocycles. The fourth-order valence-electron chi connectivity index (χ4n) is 1.04. The van der Waals surface area contributed by atoms with E-state index in [4.69, 9.17) is 16.3 Å². The predicted octanol–water partition coefficient (Wildman–Crippen LogP) is 2.54.